The average molecular weight is 266 g/mol. The molecular weight excluding hydrogens is 244 g/mol. The topological polar surface area (TPSA) is 38.7 Å². The molecule has 0 aliphatic carbocycles. The van der Waals surface area contributed by atoms with E-state index < -0.39 is 11.9 Å². The highest BCUT2D eigenvalue weighted by atomic mass is 32.2. The largest absolute Gasteiger partial charge is 0.388 e. The Balaban J connectivity index is 2.50. The van der Waals surface area contributed by atoms with E-state index in [4.69, 9.17) is 9.47 Å². The molecule has 16 heavy (non-hydrogen) atoms. The van der Waals surface area contributed by atoms with Crippen molar-refractivity contribution >= 4 is 23.5 Å². The van der Waals surface area contributed by atoms with Gasteiger partial charge in [-0.1, -0.05) is 13.8 Å². The molecule has 1 rings (SSSR count). The lowest BCUT2D eigenvalue weighted by molar-refractivity contribution is -0.149. The number of aliphatic hydroxyl groups is 1. The number of hydrogen-bond acceptors (Lipinski definition) is 5. The van der Waals surface area contributed by atoms with Gasteiger partial charge >= 0.3 is 0 Å². The summed E-state index contributed by atoms with van der Waals surface area (Å²) in [7, 11) is 0. The summed E-state index contributed by atoms with van der Waals surface area (Å²) in [5.41, 5.74) is 0. The van der Waals surface area contributed by atoms with Crippen molar-refractivity contribution in [2.24, 2.45) is 0 Å². The Morgan fingerprint density at radius 3 is 2.25 bits per heavy atom. The van der Waals surface area contributed by atoms with Crippen molar-refractivity contribution in [3.05, 3.63) is 0 Å². The smallest absolute Gasteiger partial charge is 0.163 e. The van der Waals surface area contributed by atoms with Crippen LogP contribution in [-0.4, -0.2) is 45.8 Å². The normalized spacial score (nSPS) is 26.2. The highest BCUT2D eigenvalue weighted by Crippen LogP contribution is 2.33. The Bertz CT molecular complexity index is 203. The fourth-order valence-electron chi connectivity index (χ4n) is 1.63. The van der Waals surface area contributed by atoms with Crippen LogP contribution in [0.5, 0.6) is 0 Å². The van der Waals surface area contributed by atoms with Gasteiger partial charge in [0.05, 0.1) is 11.2 Å². The summed E-state index contributed by atoms with van der Waals surface area (Å²) in [5, 5.41) is 10.3. The molecule has 0 aromatic rings. The summed E-state index contributed by atoms with van der Waals surface area (Å²) in [5.74, 6) is 1.46. The molecule has 0 spiro atoms. The average Bonchev–Trinajstić information content (AvgIpc) is 2.57. The van der Waals surface area contributed by atoms with E-state index in [1.807, 2.05) is 13.8 Å². The minimum atomic E-state index is -0.552. The summed E-state index contributed by atoms with van der Waals surface area (Å²) in [6.45, 7) is 8.47. The third-order valence-corrected chi connectivity index (χ3v) is 5.05. The van der Waals surface area contributed by atoms with Crippen LogP contribution in [0.25, 0.3) is 0 Å². The van der Waals surface area contributed by atoms with Crippen LogP contribution in [0.3, 0.4) is 0 Å². The fraction of sp³-hybridized carbons (Fsp3) is 1.00. The molecule has 1 N–H and O–H groups in total. The molecule has 1 saturated heterocycles. The van der Waals surface area contributed by atoms with E-state index in [1.54, 1.807) is 23.5 Å². The maximum atomic E-state index is 10.3. The number of thioether (sulfide) groups is 2. The quantitative estimate of drug-likeness (QED) is 0.747. The molecule has 3 nitrogen and oxygen atoms in total. The van der Waals surface area contributed by atoms with Gasteiger partial charge in [0.1, 0.15) is 12.2 Å². The van der Waals surface area contributed by atoms with Gasteiger partial charge < -0.3 is 14.6 Å². The van der Waals surface area contributed by atoms with Crippen molar-refractivity contribution in [3.8, 4) is 0 Å². The molecule has 0 radical (unpaired) electrons. The highest BCUT2D eigenvalue weighted by molar-refractivity contribution is 8.17. The van der Waals surface area contributed by atoms with Gasteiger partial charge in [0.25, 0.3) is 0 Å². The van der Waals surface area contributed by atoms with Crippen LogP contribution in [0.1, 0.15) is 27.7 Å². The van der Waals surface area contributed by atoms with E-state index in [9.17, 15) is 5.11 Å². The Morgan fingerprint density at radius 1 is 1.31 bits per heavy atom. The molecule has 0 saturated carbocycles. The van der Waals surface area contributed by atoms with Crippen LogP contribution in [0, 0.1) is 0 Å². The fourth-order valence-corrected chi connectivity index (χ4v) is 4.24. The van der Waals surface area contributed by atoms with Crippen molar-refractivity contribution in [2.75, 3.05) is 18.1 Å². The van der Waals surface area contributed by atoms with Crippen LogP contribution < -0.4 is 0 Å². The van der Waals surface area contributed by atoms with Gasteiger partial charge in [0.15, 0.2) is 5.79 Å². The zero-order chi connectivity index (χ0) is 12.2. The lowest BCUT2D eigenvalue weighted by Crippen LogP contribution is -2.37. The first-order chi connectivity index (χ1) is 7.50. The number of rotatable bonds is 6. The van der Waals surface area contributed by atoms with Gasteiger partial charge in [-0.05, 0) is 25.4 Å². The molecule has 0 amide bonds. The van der Waals surface area contributed by atoms with Crippen molar-refractivity contribution < 1.29 is 14.6 Å². The SMILES string of the molecule is CCSC(SCC)[C@@H](O)[C@H]1COC(C)(C)O1. The van der Waals surface area contributed by atoms with E-state index in [2.05, 4.69) is 13.8 Å². The van der Waals surface area contributed by atoms with Gasteiger partial charge in [-0.15, -0.1) is 23.5 Å². The summed E-state index contributed by atoms with van der Waals surface area (Å²) < 4.78 is 11.3. The first-order valence-electron chi connectivity index (χ1n) is 5.73. The zero-order valence-electron chi connectivity index (χ0n) is 10.4. The maximum absolute atomic E-state index is 10.3. The zero-order valence-corrected chi connectivity index (χ0v) is 12.1. The maximum Gasteiger partial charge on any atom is 0.163 e. The van der Waals surface area contributed by atoms with Gasteiger partial charge in [-0.25, -0.2) is 0 Å². The summed E-state index contributed by atoms with van der Waals surface area (Å²) in [6, 6.07) is 0. The molecule has 1 aliphatic heterocycles. The minimum absolute atomic E-state index is 0.178. The van der Waals surface area contributed by atoms with Gasteiger partial charge in [-0.2, -0.15) is 0 Å². The lowest BCUT2D eigenvalue weighted by Gasteiger charge is -2.26. The van der Waals surface area contributed by atoms with Crippen LogP contribution in [0.2, 0.25) is 0 Å². The van der Waals surface area contributed by atoms with E-state index in [-0.39, 0.29) is 10.7 Å². The molecule has 0 aromatic carbocycles. The monoisotopic (exact) mass is 266 g/mol. The Kier molecular flexibility index (Phi) is 5.94. The van der Waals surface area contributed by atoms with Crippen molar-refractivity contribution in [2.45, 2.75) is 50.3 Å². The number of hydrogen-bond donors (Lipinski definition) is 1. The third kappa shape index (κ3) is 4.11. The van der Waals surface area contributed by atoms with E-state index in [0.717, 1.165) is 11.5 Å². The van der Waals surface area contributed by atoms with Crippen LogP contribution in [-0.2, 0) is 9.47 Å². The predicted octanol–water partition coefficient (Wildman–Crippen LogP) is 2.33. The van der Waals surface area contributed by atoms with E-state index in [1.165, 1.54) is 0 Å². The molecule has 96 valence electrons. The minimum Gasteiger partial charge on any atom is -0.388 e. The molecule has 5 heteroatoms. The van der Waals surface area contributed by atoms with Crippen LogP contribution >= 0.6 is 23.5 Å². The Labute approximate surface area is 107 Å². The van der Waals surface area contributed by atoms with E-state index >= 15 is 0 Å². The van der Waals surface area contributed by atoms with Gasteiger partial charge in [0, 0.05) is 0 Å². The van der Waals surface area contributed by atoms with Crippen molar-refractivity contribution in [1.29, 1.82) is 0 Å². The first kappa shape index (κ1) is 14.6. The summed E-state index contributed by atoms with van der Waals surface area (Å²) in [6.07, 6.45) is -0.658. The van der Waals surface area contributed by atoms with E-state index in [0.29, 0.717) is 6.61 Å². The van der Waals surface area contributed by atoms with Gasteiger partial charge in [-0.3, -0.25) is 0 Å². The van der Waals surface area contributed by atoms with Crippen LogP contribution in [0.4, 0.5) is 0 Å². The van der Waals surface area contributed by atoms with Crippen LogP contribution in [0.15, 0.2) is 0 Å². The third-order valence-electron chi connectivity index (χ3n) is 2.35. The lowest BCUT2D eigenvalue weighted by atomic mass is 10.2. The summed E-state index contributed by atoms with van der Waals surface area (Å²) >= 11 is 3.55. The predicted molar refractivity (Wildman–Crippen MR) is 71.0 cm³/mol. The number of aliphatic hydroxyl groups excluding tert-OH is 1. The summed E-state index contributed by atoms with van der Waals surface area (Å²) in [4.78, 5) is 0. The number of ether oxygens (including phenoxy) is 2. The molecule has 1 aliphatic rings. The second-order valence-corrected chi connectivity index (χ2v) is 7.27. The van der Waals surface area contributed by atoms with Crippen molar-refractivity contribution in [1.82, 2.24) is 0 Å². The van der Waals surface area contributed by atoms with Crippen molar-refractivity contribution in [3.63, 3.8) is 0 Å². The molecular formula is C11H22O3S2. The Morgan fingerprint density at radius 2 is 1.88 bits per heavy atom. The molecule has 1 heterocycles. The molecule has 1 fully saturated rings. The molecule has 2 atom stereocenters. The first-order valence-corrected chi connectivity index (χ1v) is 7.83. The highest BCUT2D eigenvalue weighted by Gasteiger charge is 2.39. The standard InChI is InChI=1S/C11H22O3S2/c1-5-15-10(16-6-2)9(12)8-7-13-11(3,4)14-8/h8-10,12H,5-7H2,1-4H3/t8-,9+/m1/s1. The Hall–Kier alpha value is 0.580. The molecule has 0 bridgehead atoms. The second kappa shape index (κ2) is 6.50. The van der Waals surface area contributed by atoms with Gasteiger partial charge in [0.2, 0.25) is 0 Å². The second-order valence-electron chi connectivity index (χ2n) is 4.14. The molecule has 0 aromatic heterocycles. The molecule has 0 unspecified atom stereocenters.